The minimum Gasteiger partial charge on any atom is -0.465 e. The van der Waals surface area contributed by atoms with Gasteiger partial charge in [0, 0.05) is 28.6 Å². The van der Waals surface area contributed by atoms with E-state index in [-0.39, 0.29) is 26.7 Å². The van der Waals surface area contributed by atoms with E-state index in [2.05, 4.69) is 21.9 Å². The third-order valence-electron chi connectivity index (χ3n) is 7.95. The van der Waals surface area contributed by atoms with Crippen LogP contribution in [0.3, 0.4) is 0 Å². The molecule has 2 atom stereocenters. The highest BCUT2D eigenvalue weighted by Crippen LogP contribution is 2.38. The van der Waals surface area contributed by atoms with E-state index < -0.39 is 5.41 Å². The van der Waals surface area contributed by atoms with Gasteiger partial charge in [0.15, 0.2) is 0 Å². The molecule has 1 aromatic carbocycles. The topological polar surface area (TPSA) is 111 Å². The third-order valence-corrected chi connectivity index (χ3v) is 10.2. The zero-order valence-electron chi connectivity index (χ0n) is 21.9. The highest BCUT2D eigenvalue weighted by atomic mass is 28.3. The summed E-state index contributed by atoms with van der Waals surface area (Å²) in [7, 11) is 1.48. The Morgan fingerprint density at radius 1 is 1.32 bits per heavy atom. The Morgan fingerprint density at radius 2 is 2.14 bits per heavy atom. The van der Waals surface area contributed by atoms with Crippen LogP contribution in [0.4, 0.5) is 0 Å². The summed E-state index contributed by atoms with van der Waals surface area (Å²) in [6, 6.07) is 9.89. The molecule has 0 saturated carbocycles. The number of carbonyl (C=O) groups excluding carboxylic acids is 2. The van der Waals surface area contributed by atoms with Crippen LogP contribution in [0.5, 0.6) is 0 Å². The lowest BCUT2D eigenvalue weighted by atomic mass is 9.76. The average molecular weight is 523 g/mol. The number of nitrogens with zero attached hydrogens (tertiary/aromatic N) is 3. The van der Waals surface area contributed by atoms with E-state index in [0.29, 0.717) is 37.9 Å². The average Bonchev–Trinajstić information content (AvgIpc) is 3.54. The quantitative estimate of drug-likeness (QED) is 0.360. The molecule has 2 aliphatic rings. The first-order chi connectivity index (χ1) is 17.9. The van der Waals surface area contributed by atoms with Crippen LogP contribution in [0.2, 0.25) is 18.6 Å². The van der Waals surface area contributed by atoms with Gasteiger partial charge in [-0.05, 0) is 49.4 Å². The number of amides is 1. The molecule has 10 heteroatoms. The molecule has 0 spiro atoms. The second-order valence-corrected chi connectivity index (χ2v) is 13.3. The summed E-state index contributed by atoms with van der Waals surface area (Å²) >= 11 is 0. The number of hydrogen-bond acceptors (Lipinski definition) is 6. The van der Waals surface area contributed by atoms with Gasteiger partial charge >= 0.3 is 5.97 Å². The lowest BCUT2D eigenvalue weighted by Gasteiger charge is -2.35. The standard InChI is InChI=1S/C27H36N5O4Si/c1-4-36-26(34)27(11-5-13-35-17-27)19-6-7-20-21(16-19)30-24(29-20)23(18-9-14-37(3)15-10-18)31-25(33)22-8-12-28-32(22)2/h6-8,12,16,18,23H,4-5,9-11,13-15,17H2,1-3H3,(H,29,30)(H,31,33)/t23-,27?/m0/s1. The summed E-state index contributed by atoms with van der Waals surface area (Å²) in [6.45, 7) is 5.51. The predicted octanol–water partition coefficient (Wildman–Crippen LogP) is 3.91. The van der Waals surface area contributed by atoms with Gasteiger partial charge in [-0.25, -0.2) is 4.98 Å². The first-order valence-electron chi connectivity index (χ1n) is 13.3. The fourth-order valence-electron chi connectivity index (χ4n) is 5.73. The summed E-state index contributed by atoms with van der Waals surface area (Å²) in [5.74, 6) is 0.668. The molecule has 197 valence electrons. The zero-order chi connectivity index (χ0) is 26.0. The number of esters is 1. The monoisotopic (exact) mass is 522 g/mol. The highest BCUT2D eigenvalue weighted by Gasteiger charge is 2.44. The Bertz CT molecular complexity index is 1260. The van der Waals surface area contributed by atoms with Gasteiger partial charge in [0.25, 0.3) is 5.91 Å². The van der Waals surface area contributed by atoms with E-state index in [1.165, 1.54) is 12.1 Å². The van der Waals surface area contributed by atoms with Crippen molar-refractivity contribution in [2.24, 2.45) is 13.0 Å². The number of hydrogen-bond donors (Lipinski definition) is 2. The van der Waals surface area contributed by atoms with Gasteiger partial charge in [0.1, 0.15) is 16.9 Å². The molecule has 37 heavy (non-hydrogen) atoms. The van der Waals surface area contributed by atoms with E-state index in [9.17, 15) is 9.59 Å². The fourth-order valence-corrected chi connectivity index (χ4v) is 7.71. The maximum Gasteiger partial charge on any atom is 0.318 e. The second-order valence-electron chi connectivity index (χ2n) is 10.4. The van der Waals surface area contributed by atoms with E-state index >= 15 is 0 Å². The normalized spacial score (nSPS) is 22.1. The summed E-state index contributed by atoms with van der Waals surface area (Å²) in [4.78, 5) is 34.7. The lowest BCUT2D eigenvalue weighted by Crippen LogP contribution is -2.44. The first-order valence-corrected chi connectivity index (χ1v) is 15.7. The van der Waals surface area contributed by atoms with Crippen LogP contribution in [0.15, 0.2) is 30.5 Å². The number of nitrogens with one attached hydrogen (secondary N) is 2. The van der Waals surface area contributed by atoms with E-state index in [4.69, 9.17) is 14.5 Å². The number of fused-ring (bicyclic) bond motifs is 1. The highest BCUT2D eigenvalue weighted by molar-refractivity contribution is 6.57. The Balaban J connectivity index is 1.49. The number of imidazole rings is 1. The SMILES string of the molecule is CCOC(=O)C1(c2ccc3nc([C@@H](NC(=O)c4ccnn4C)C4CC[Si](C)CC4)[nH]c3c2)CCCOC1. The molecule has 2 N–H and O–H groups in total. The van der Waals surface area contributed by atoms with Crippen molar-refractivity contribution in [1.29, 1.82) is 0 Å². The van der Waals surface area contributed by atoms with Crippen molar-refractivity contribution in [3.8, 4) is 0 Å². The van der Waals surface area contributed by atoms with Crippen molar-refractivity contribution in [1.82, 2.24) is 25.1 Å². The Kier molecular flexibility index (Phi) is 7.48. The summed E-state index contributed by atoms with van der Waals surface area (Å²) in [5, 5.41) is 7.42. The molecule has 2 fully saturated rings. The lowest BCUT2D eigenvalue weighted by molar-refractivity contribution is -0.155. The number of H-pyrrole nitrogens is 1. The maximum absolute atomic E-state index is 13.2. The van der Waals surface area contributed by atoms with Gasteiger partial charge in [-0.3, -0.25) is 14.3 Å². The van der Waals surface area contributed by atoms with Crippen LogP contribution in [0, 0.1) is 5.92 Å². The third kappa shape index (κ3) is 5.09. The van der Waals surface area contributed by atoms with Crippen LogP contribution >= 0.6 is 0 Å². The molecule has 2 aliphatic heterocycles. The van der Waals surface area contributed by atoms with Crippen LogP contribution in [-0.4, -0.2) is 60.2 Å². The van der Waals surface area contributed by atoms with Gasteiger partial charge in [-0.2, -0.15) is 5.10 Å². The zero-order valence-corrected chi connectivity index (χ0v) is 22.9. The molecule has 0 aliphatic carbocycles. The summed E-state index contributed by atoms with van der Waals surface area (Å²) in [5.41, 5.74) is 2.24. The molecular formula is C27H36N5O4Si. The Morgan fingerprint density at radius 3 is 2.81 bits per heavy atom. The second kappa shape index (κ2) is 10.8. The smallest absolute Gasteiger partial charge is 0.318 e. The van der Waals surface area contributed by atoms with E-state index in [1.807, 2.05) is 25.1 Å². The number of benzene rings is 1. The number of carbonyl (C=O) groups is 2. The van der Waals surface area contributed by atoms with Crippen LogP contribution in [-0.2, 0) is 26.7 Å². The number of rotatable bonds is 7. The number of aryl methyl sites for hydroxylation is 1. The van der Waals surface area contributed by atoms with Crippen molar-refractivity contribution in [2.45, 2.75) is 62.7 Å². The predicted molar refractivity (Wildman–Crippen MR) is 142 cm³/mol. The Hall–Kier alpha value is -2.98. The van der Waals surface area contributed by atoms with Crippen LogP contribution < -0.4 is 5.32 Å². The molecule has 2 aromatic heterocycles. The van der Waals surface area contributed by atoms with Gasteiger partial charge in [0.2, 0.25) is 0 Å². The van der Waals surface area contributed by atoms with E-state index in [0.717, 1.165) is 41.7 Å². The number of aromatic amines is 1. The van der Waals surface area contributed by atoms with Crippen molar-refractivity contribution in [3.05, 3.63) is 47.5 Å². The van der Waals surface area contributed by atoms with Gasteiger partial charge < -0.3 is 19.8 Å². The first kappa shape index (κ1) is 25.7. The largest absolute Gasteiger partial charge is 0.465 e. The maximum atomic E-state index is 13.2. The summed E-state index contributed by atoms with van der Waals surface area (Å²) < 4.78 is 12.8. The molecule has 2 saturated heterocycles. The van der Waals surface area contributed by atoms with Crippen LogP contribution in [0.25, 0.3) is 11.0 Å². The van der Waals surface area contributed by atoms with E-state index in [1.54, 1.807) is 24.0 Å². The molecule has 1 unspecified atom stereocenters. The molecule has 0 bridgehead atoms. The fraction of sp³-hybridized carbons (Fsp3) is 0.556. The van der Waals surface area contributed by atoms with Crippen molar-refractivity contribution >= 4 is 31.7 Å². The van der Waals surface area contributed by atoms with Crippen molar-refractivity contribution < 1.29 is 19.1 Å². The summed E-state index contributed by atoms with van der Waals surface area (Å²) in [6.07, 6.45) is 5.27. The van der Waals surface area contributed by atoms with Gasteiger partial charge in [0.05, 0.1) is 30.3 Å². The molecular weight excluding hydrogens is 486 g/mol. The number of aromatic nitrogens is 4. The Labute approximate surface area is 218 Å². The van der Waals surface area contributed by atoms with Crippen molar-refractivity contribution in [3.63, 3.8) is 0 Å². The van der Waals surface area contributed by atoms with Crippen molar-refractivity contribution in [2.75, 3.05) is 19.8 Å². The number of ether oxygens (including phenoxy) is 2. The minimum absolute atomic E-state index is 0.153. The minimum atomic E-state index is -0.816. The molecule has 5 rings (SSSR count). The van der Waals surface area contributed by atoms with Crippen LogP contribution in [0.1, 0.15) is 60.5 Å². The molecule has 1 amide bonds. The van der Waals surface area contributed by atoms with Gasteiger partial charge in [-0.15, -0.1) is 0 Å². The molecule has 3 aromatic rings. The molecule has 9 nitrogen and oxygen atoms in total. The molecule has 4 heterocycles. The molecule has 1 radical (unpaired) electrons. The van der Waals surface area contributed by atoms with Gasteiger partial charge in [-0.1, -0.05) is 37.5 Å².